The van der Waals surface area contributed by atoms with E-state index < -0.39 is 8.32 Å². The third-order valence-corrected chi connectivity index (χ3v) is 10.8. The highest BCUT2D eigenvalue weighted by molar-refractivity contribution is 8.76. The number of aliphatic hydroxyl groups is 1. The van der Waals surface area contributed by atoms with Crippen LogP contribution in [0.2, 0.25) is 18.1 Å². The van der Waals surface area contributed by atoms with Crippen molar-refractivity contribution in [3.05, 3.63) is 0 Å². The molecule has 0 aliphatic heterocycles. The first kappa shape index (κ1) is 18.8. The van der Waals surface area contributed by atoms with Crippen molar-refractivity contribution in [1.29, 1.82) is 0 Å². The molecule has 0 heterocycles. The maximum atomic E-state index is 8.69. The van der Waals surface area contributed by atoms with Gasteiger partial charge in [-0.3, -0.25) is 0 Å². The number of aliphatic hydroxyl groups excluding tert-OH is 1. The van der Waals surface area contributed by atoms with Crippen molar-refractivity contribution in [2.75, 3.05) is 19.0 Å². The van der Waals surface area contributed by atoms with E-state index in [1.54, 1.807) is 0 Å². The van der Waals surface area contributed by atoms with Crippen LogP contribution in [0.4, 0.5) is 0 Å². The summed E-state index contributed by atoms with van der Waals surface area (Å²) >= 11 is 0. The fourth-order valence-corrected chi connectivity index (χ4v) is 4.51. The zero-order chi connectivity index (χ0) is 14.2. The van der Waals surface area contributed by atoms with Crippen LogP contribution in [0.15, 0.2) is 0 Å². The lowest BCUT2D eigenvalue weighted by Gasteiger charge is -2.36. The van der Waals surface area contributed by atoms with Gasteiger partial charge in [-0.15, -0.1) is 0 Å². The van der Waals surface area contributed by atoms with Gasteiger partial charge in [-0.2, -0.15) is 0 Å². The summed E-state index contributed by atoms with van der Waals surface area (Å²) in [6, 6.07) is 0. The molecule has 0 radical (unpaired) electrons. The van der Waals surface area contributed by atoms with Crippen molar-refractivity contribution in [2.24, 2.45) is 0 Å². The molecule has 0 spiro atoms. The van der Waals surface area contributed by atoms with Crippen LogP contribution in [0.5, 0.6) is 0 Å². The second kappa shape index (κ2) is 8.90. The standard InChI is InChI=1S/C13H30O2S2Si/c1-12(17-16-10-8-7-9-14)11-15-18(5,6)13(2,3)4/h12,14H,7-11H2,1-6H3. The van der Waals surface area contributed by atoms with Crippen LogP contribution in [0.1, 0.15) is 40.5 Å². The second-order valence-corrected chi connectivity index (χ2v) is 14.0. The van der Waals surface area contributed by atoms with Crippen LogP contribution < -0.4 is 0 Å². The number of unbranched alkanes of at least 4 members (excludes halogenated alkanes) is 1. The van der Waals surface area contributed by atoms with Crippen LogP contribution in [-0.2, 0) is 4.43 Å². The van der Waals surface area contributed by atoms with Gasteiger partial charge < -0.3 is 9.53 Å². The summed E-state index contributed by atoms with van der Waals surface area (Å²) < 4.78 is 6.20. The van der Waals surface area contributed by atoms with Crippen LogP contribution in [0, 0.1) is 0 Å². The van der Waals surface area contributed by atoms with Gasteiger partial charge >= 0.3 is 0 Å². The van der Waals surface area contributed by atoms with Gasteiger partial charge in [0, 0.05) is 24.2 Å². The Hall–Kier alpha value is 0.837. The minimum Gasteiger partial charge on any atom is -0.416 e. The quantitative estimate of drug-likeness (QED) is 0.384. The molecule has 5 heteroatoms. The summed E-state index contributed by atoms with van der Waals surface area (Å²) in [6.45, 7) is 14.8. The summed E-state index contributed by atoms with van der Waals surface area (Å²) in [4.78, 5) is 0. The van der Waals surface area contributed by atoms with Gasteiger partial charge in [0.1, 0.15) is 0 Å². The fraction of sp³-hybridized carbons (Fsp3) is 1.00. The molecule has 1 unspecified atom stereocenters. The Kier molecular flexibility index (Phi) is 9.31. The molecule has 0 aromatic carbocycles. The molecule has 0 aliphatic rings. The summed E-state index contributed by atoms with van der Waals surface area (Å²) in [5.74, 6) is 1.12. The Morgan fingerprint density at radius 2 is 1.83 bits per heavy atom. The summed E-state index contributed by atoms with van der Waals surface area (Å²) in [7, 11) is 2.23. The normalized spacial score (nSPS) is 14.8. The van der Waals surface area contributed by atoms with Crippen LogP contribution in [0.3, 0.4) is 0 Å². The zero-order valence-corrected chi connectivity index (χ0v) is 15.4. The van der Waals surface area contributed by atoms with Crippen LogP contribution in [0.25, 0.3) is 0 Å². The Labute approximate surface area is 122 Å². The van der Waals surface area contributed by atoms with E-state index in [4.69, 9.17) is 9.53 Å². The highest BCUT2D eigenvalue weighted by Gasteiger charge is 2.37. The molecule has 0 aromatic heterocycles. The van der Waals surface area contributed by atoms with E-state index in [2.05, 4.69) is 40.8 Å². The van der Waals surface area contributed by atoms with Gasteiger partial charge in [-0.1, -0.05) is 49.3 Å². The highest BCUT2D eigenvalue weighted by Crippen LogP contribution is 2.37. The SMILES string of the molecule is CC(CO[Si](C)(C)C(C)(C)C)SSCCCCO. The smallest absolute Gasteiger partial charge is 0.192 e. The average Bonchev–Trinajstić information content (AvgIpc) is 2.24. The van der Waals surface area contributed by atoms with Gasteiger partial charge in [-0.05, 0) is 31.0 Å². The predicted molar refractivity (Wildman–Crippen MR) is 89.0 cm³/mol. The zero-order valence-electron chi connectivity index (χ0n) is 12.8. The van der Waals surface area contributed by atoms with Crippen molar-refractivity contribution >= 4 is 29.9 Å². The van der Waals surface area contributed by atoms with E-state index >= 15 is 0 Å². The molecule has 0 fully saturated rings. The van der Waals surface area contributed by atoms with E-state index in [1.165, 1.54) is 0 Å². The molecular weight excluding hydrogens is 280 g/mol. The summed E-state index contributed by atoms with van der Waals surface area (Å²) in [5.41, 5.74) is 0. The first-order valence-corrected chi connectivity index (χ1v) is 12.0. The lowest BCUT2D eigenvalue weighted by molar-refractivity contribution is 0.287. The summed E-state index contributed by atoms with van der Waals surface area (Å²) in [6.07, 6.45) is 2.02. The number of hydrogen-bond acceptors (Lipinski definition) is 4. The molecule has 0 amide bonds. The first-order valence-electron chi connectivity index (χ1n) is 6.74. The van der Waals surface area contributed by atoms with Crippen molar-refractivity contribution in [3.8, 4) is 0 Å². The first-order chi connectivity index (χ1) is 8.20. The Balaban J connectivity index is 3.73. The largest absolute Gasteiger partial charge is 0.416 e. The fourth-order valence-electron chi connectivity index (χ4n) is 1.01. The van der Waals surface area contributed by atoms with Crippen molar-refractivity contribution in [3.63, 3.8) is 0 Å². The topological polar surface area (TPSA) is 29.5 Å². The third kappa shape index (κ3) is 8.10. The molecule has 0 aromatic rings. The predicted octanol–water partition coefficient (Wildman–Crippen LogP) is 4.55. The molecule has 0 bridgehead atoms. The Morgan fingerprint density at radius 1 is 1.22 bits per heavy atom. The maximum Gasteiger partial charge on any atom is 0.192 e. The van der Waals surface area contributed by atoms with E-state index in [0.717, 1.165) is 25.2 Å². The molecule has 0 rings (SSSR count). The molecule has 0 aliphatic carbocycles. The number of hydrogen-bond donors (Lipinski definition) is 1. The van der Waals surface area contributed by atoms with Gasteiger partial charge in [0.2, 0.25) is 0 Å². The van der Waals surface area contributed by atoms with Gasteiger partial charge in [0.05, 0.1) is 0 Å². The monoisotopic (exact) mass is 310 g/mol. The van der Waals surface area contributed by atoms with Gasteiger partial charge in [-0.25, -0.2) is 0 Å². The van der Waals surface area contributed by atoms with Gasteiger partial charge in [0.15, 0.2) is 8.32 Å². The molecule has 0 saturated carbocycles. The van der Waals surface area contributed by atoms with Gasteiger partial charge in [0.25, 0.3) is 0 Å². The van der Waals surface area contributed by atoms with Crippen molar-refractivity contribution in [1.82, 2.24) is 0 Å². The average molecular weight is 311 g/mol. The maximum absolute atomic E-state index is 8.69. The molecule has 18 heavy (non-hydrogen) atoms. The lowest BCUT2D eigenvalue weighted by Crippen LogP contribution is -2.42. The third-order valence-electron chi connectivity index (χ3n) is 3.35. The highest BCUT2D eigenvalue weighted by atomic mass is 33.1. The summed E-state index contributed by atoms with van der Waals surface area (Å²) in [5, 5.41) is 9.53. The van der Waals surface area contributed by atoms with E-state index in [9.17, 15) is 0 Å². The molecule has 0 saturated heterocycles. The molecular formula is C13H30O2S2Si. The minimum atomic E-state index is -1.58. The van der Waals surface area contributed by atoms with Crippen LogP contribution >= 0.6 is 21.6 Å². The molecule has 2 nitrogen and oxygen atoms in total. The molecule has 110 valence electrons. The molecule has 1 N–H and O–H groups in total. The minimum absolute atomic E-state index is 0.297. The Bertz CT molecular complexity index is 218. The van der Waals surface area contributed by atoms with E-state index in [-0.39, 0.29) is 0 Å². The Morgan fingerprint density at radius 3 is 2.33 bits per heavy atom. The van der Waals surface area contributed by atoms with E-state index in [0.29, 0.717) is 16.9 Å². The number of rotatable bonds is 9. The van der Waals surface area contributed by atoms with Crippen molar-refractivity contribution < 1.29 is 9.53 Å². The molecule has 1 atom stereocenters. The second-order valence-electron chi connectivity index (χ2n) is 6.23. The van der Waals surface area contributed by atoms with Crippen molar-refractivity contribution in [2.45, 2.75) is 63.9 Å². The van der Waals surface area contributed by atoms with E-state index in [1.807, 2.05) is 21.6 Å². The lowest BCUT2D eigenvalue weighted by atomic mass is 10.2. The van der Waals surface area contributed by atoms with Crippen LogP contribution in [-0.4, -0.2) is 37.6 Å².